The molecule has 0 fully saturated rings. The van der Waals surface area contributed by atoms with E-state index in [4.69, 9.17) is 4.74 Å². The van der Waals surface area contributed by atoms with Crippen molar-refractivity contribution >= 4 is 5.97 Å². The number of rotatable bonds is 0. The molecule has 0 aromatic carbocycles. The van der Waals surface area contributed by atoms with Crippen LogP contribution in [0.3, 0.4) is 0 Å². The number of carbonyl (C=O) groups is 1. The Morgan fingerprint density at radius 1 is 1.24 bits per heavy atom. The lowest BCUT2D eigenvalue weighted by molar-refractivity contribution is -0.151. The van der Waals surface area contributed by atoms with E-state index in [2.05, 4.69) is 0 Å². The average Bonchev–Trinajstić information content (AvgIpc) is 2.14. The SMILES string of the molecule is C[C@@H]1C[C@@H](O)C[C@@H](O)C/C=C\C(O)CC(=O)O1. The fourth-order valence-electron chi connectivity index (χ4n) is 1.84. The van der Waals surface area contributed by atoms with Crippen molar-refractivity contribution < 1.29 is 24.9 Å². The Bertz CT molecular complexity index is 276. The lowest BCUT2D eigenvalue weighted by Crippen LogP contribution is -2.26. The molecule has 0 spiro atoms. The van der Waals surface area contributed by atoms with E-state index in [0.717, 1.165) is 0 Å². The van der Waals surface area contributed by atoms with Crippen LogP contribution in [0.25, 0.3) is 0 Å². The quantitative estimate of drug-likeness (QED) is 0.416. The van der Waals surface area contributed by atoms with Gasteiger partial charge in [0, 0.05) is 6.42 Å². The third kappa shape index (κ3) is 5.81. The molecular weight excluding hydrogens is 224 g/mol. The Kier molecular flexibility index (Phi) is 5.61. The van der Waals surface area contributed by atoms with Gasteiger partial charge in [-0.3, -0.25) is 4.79 Å². The summed E-state index contributed by atoms with van der Waals surface area (Å²) in [7, 11) is 0. The van der Waals surface area contributed by atoms with Gasteiger partial charge in [-0.05, 0) is 19.8 Å². The van der Waals surface area contributed by atoms with Crippen molar-refractivity contribution in [3.63, 3.8) is 0 Å². The number of carbonyl (C=O) groups excluding carboxylic acids is 1. The Morgan fingerprint density at radius 2 is 1.94 bits per heavy atom. The van der Waals surface area contributed by atoms with Crippen LogP contribution in [0, 0.1) is 0 Å². The molecule has 0 aromatic heterocycles. The minimum Gasteiger partial charge on any atom is -0.462 e. The van der Waals surface area contributed by atoms with Crippen LogP contribution in [0.5, 0.6) is 0 Å². The zero-order valence-corrected chi connectivity index (χ0v) is 9.95. The van der Waals surface area contributed by atoms with Crippen LogP contribution in [0.15, 0.2) is 12.2 Å². The van der Waals surface area contributed by atoms with Crippen molar-refractivity contribution in [2.45, 2.75) is 57.0 Å². The molecule has 1 heterocycles. The van der Waals surface area contributed by atoms with Gasteiger partial charge in [-0.2, -0.15) is 0 Å². The van der Waals surface area contributed by atoms with Gasteiger partial charge in [-0.25, -0.2) is 0 Å². The molecule has 5 heteroatoms. The topological polar surface area (TPSA) is 87.0 Å². The lowest BCUT2D eigenvalue weighted by atomic mass is 10.0. The average molecular weight is 244 g/mol. The predicted octanol–water partition coefficient (Wildman–Crippen LogP) is 0.131. The first kappa shape index (κ1) is 14.2. The first-order valence-corrected chi connectivity index (χ1v) is 5.87. The van der Waals surface area contributed by atoms with Crippen LogP contribution in [-0.4, -0.2) is 45.7 Å². The monoisotopic (exact) mass is 244 g/mol. The summed E-state index contributed by atoms with van der Waals surface area (Å²) in [6.45, 7) is 1.68. The van der Waals surface area contributed by atoms with Crippen LogP contribution < -0.4 is 0 Å². The van der Waals surface area contributed by atoms with Gasteiger partial charge in [0.05, 0.1) is 24.7 Å². The fourth-order valence-corrected chi connectivity index (χ4v) is 1.84. The normalized spacial score (nSPS) is 38.7. The van der Waals surface area contributed by atoms with E-state index < -0.39 is 30.4 Å². The zero-order valence-electron chi connectivity index (χ0n) is 9.95. The molecule has 1 aliphatic heterocycles. The van der Waals surface area contributed by atoms with Crippen LogP contribution in [0.1, 0.15) is 32.6 Å². The highest BCUT2D eigenvalue weighted by Gasteiger charge is 2.19. The number of hydrogen-bond donors (Lipinski definition) is 3. The van der Waals surface area contributed by atoms with E-state index >= 15 is 0 Å². The van der Waals surface area contributed by atoms with Crippen LogP contribution >= 0.6 is 0 Å². The Balaban J connectivity index is 2.64. The van der Waals surface area contributed by atoms with Crippen molar-refractivity contribution in [3.05, 3.63) is 12.2 Å². The molecule has 98 valence electrons. The predicted molar refractivity (Wildman–Crippen MR) is 61.2 cm³/mol. The summed E-state index contributed by atoms with van der Waals surface area (Å²) < 4.78 is 5.02. The number of aliphatic hydroxyl groups excluding tert-OH is 3. The van der Waals surface area contributed by atoms with Crippen LogP contribution in [0.4, 0.5) is 0 Å². The number of cyclic esters (lactones) is 1. The van der Waals surface area contributed by atoms with Crippen molar-refractivity contribution in [1.29, 1.82) is 0 Å². The third-order valence-corrected chi connectivity index (χ3v) is 2.62. The smallest absolute Gasteiger partial charge is 0.309 e. The highest BCUT2D eigenvalue weighted by molar-refractivity contribution is 5.70. The summed E-state index contributed by atoms with van der Waals surface area (Å²) in [4.78, 5) is 11.3. The molecule has 0 saturated heterocycles. The van der Waals surface area contributed by atoms with Crippen LogP contribution in [0.2, 0.25) is 0 Å². The standard InChI is InChI=1S/C12H20O5/c1-8-5-11(15)6-9(13)3-2-4-10(14)7-12(16)17-8/h2,4,8-11,13-15H,3,5-7H2,1H3/b4-2-/t8-,9+,10?,11-/m1/s1. The first-order valence-electron chi connectivity index (χ1n) is 5.87. The summed E-state index contributed by atoms with van der Waals surface area (Å²) in [6.07, 6.45) is 1.23. The maximum Gasteiger partial charge on any atom is 0.309 e. The first-order chi connectivity index (χ1) is 7.97. The summed E-state index contributed by atoms with van der Waals surface area (Å²) in [5.41, 5.74) is 0. The van der Waals surface area contributed by atoms with Gasteiger partial charge in [-0.15, -0.1) is 0 Å². The highest BCUT2D eigenvalue weighted by atomic mass is 16.5. The number of ether oxygens (including phenoxy) is 1. The molecule has 3 N–H and O–H groups in total. The number of esters is 1. The number of aliphatic hydroxyl groups is 3. The van der Waals surface area contributed by atoms with Crippen molar-refractivity contribution in [3.8, 4) is 0 Å². The second-order valence-electron chi connectivity index (χ2n) is 4.51. The minimum absolute atomic E-state index is 0.104. The summed E-state index contributed by atoms with van der Waals surface area (Å²) in [6, 6.07) is 0. The molecule has 1 rings (SSSR count). The Morgan fingerprint density at radius 3 is 2.65 bits per heavy atom. The van der Waals surface area contributed by atoms with Gasteiger partial charge in [0.15, 0.2) is 0 Å². The molecule has 0 radical (unpaired) electrons. The molecule has 0 aliphatic carbocycles. The van der Waals surface area contributed by atoms with E-state index in [1.807, 2.05) is 0 Å². The molecule has 0 saturated carbocycles. The summed E-state index contributed by atoms with van der Waals surface area (Å²) in [5, 5.41) is 28.7. The molecule has 0 aromatic rings. The van der Waals surface area contributed by atoms with E-state index in [9.17, 15) is 20.1 Å². The molecule has 1 aliphatic rings. The molecule has 5 nitrogen and oxygen atoms in total. The van der Waals surface area contributed by atoms with Crippen molar-refractivity contribution in [2.24, 2.45) is 0 Å². The zero-order chi connectivity index (χ0) is 12.8. The molecular formula is C12H20O5. The maximum absolute atomic E-state index is 11.3. The second kappa shape index (κ2) is 6.74. The van der Waals surface area contributed by atoms with Gasteiger partial charge in [0.25, 0.3) is 0 Å². The van der Waals surface area contributed by atoms with E-state index in [1.165, 1.54) is 6.08 Å². The highest BCUT2D eigenvalue weighted by Crippen LogP contribution is 2.13. The van der Waals surface area contributed by atoms with Crippen molar-refractivity contribution in [1.82, 2.24) is 0 Å². The number of hydrogen-bond acceptors (Lipinski definition) is 5. The van der Waals surface area contributed by atoms with E-state index in [-0.39, 0.29) is 12.8 Å². The Labute approximate surface area is 101 Å². The molecule has 0 amide bonds. The maximum atomic E-state index is 11.3. The molecule has 17 heavy (non-hydrogen) atoms. The summed E-state index contributed by atoms with van der Waals surface area (Å²) in [5.74, 6) is -0.483. The van der Waals surface area contributed by atoms with E-state index in [1.54, 1.807) is 13.0 Å². The largest absolute Gasteiger partial charge is 0.462 e. The van der Waals surface area contributed by atoms with Crippen molar-refractivity contribution in [2.75, 3.05) is 0 Å². The second-order valence-corrected chi connectivity index (χ2v) is 4.51. The van der Waals surface area contributed by atoms with Gasteiger partial charge in [0.2, 0.25) is 0 Å². The summed E-state index contributed by atoms with van der Waals surface area (Å²) >= 11 is 0. The van der Waals surface area contributed by atoms with Gasteiger partial charge >= 0.3 is 5.97 Å². The van der Waals surface area contributed by atoms with Gasteiger partial charge in [-0.1, -0.05) is 12.2 Å². The Hall–Kier alpha value is -0.910. The molecule has 1 unspecified atom stereocenters. The molecule has 0 bridgehead atoms. The minimum atomic E-state index is -0.883. The third-order valence-electron chi connectivity index (χ3n) is 2.62. The van der Waals surface area contributed by atoms with Gasteiger partial charge < -0.3 is 20.1 Å². The van der Waals surface area contributed by atoms with Crippen LogP contribution in [-0.2, 0) is 9.53 Å². The fraction of sp³-hybridized carbons (Fsp3) is 0.750. The van der Waals surface area contributed by atoms with E-state index in [0.29, 0.717) is 12.8 Å². The molecule has 4 atom stereocenters. The van der Waals surface area contributed by atoms with Gasteiger partial charge in [0.1, 0.15) is 6.10 Å². The lowest BCUT2D eigenvalue weighted by Gasteiger charge is -2.20.